The number of carbonyl (C=O) groups excluding carboxylic acids is 1. The summed E-state index contributed by atoms with van der Waals surface area (Å²) in [6, 6.07) is 4.06. The Balaban J connectivity index is 2.98. The molecule has 0 aliphatic carbocycles. The first-order chi connectivity index (χ1) is 7.93. The van der Waals surface area contributed by atoms with Crippen molar-refractivity contribution in [2.75, 3.05) is 6.54 Å². The van der Waals surface area contributed by atoms with Crippen LogP contribution in [-0.2, 0) is 0 Å². The number of hydrogen-bond donors (Lipinski definition) is 1. The van der Waals surface area contributed by atoms with Crippen LogP contribution in [0.25, 0.3) is 0 Å². The Bertz CT molecular complexity index is 490. The number of benzene rings is 1. The van der Waals surface area contributed by atoms with Gasteiger partial charge in [0.1, 0.15) is 5.02 Å². The molecule has 0 bridgehead atoms. The van der Waals surface area contributed by atoms with E-state index in [1.807, 2.05) is 0 Å². The van der Waals surface area contributed by atoms with Crippen LogP contribution in [0.5, 0.6) is 0 Å². The average Bonchev–Trinajstić information content (AvgIpc) is 2.25. The van der Waals surface area contributed by atoms with Crippen LogP contribution in [0.1, 0.15) is 10.4 Å². The molecule has 5 nitrogen and oxygen atoms in total. The zero-order chi connectivity index (χ0) is 13.0. The molecule has 1 amide bonds. The zero-order valence-electron chi connectivity index (χ0n) is 8.57. The lowest BCUT2D eigenvalue weighted by molar-refractivity contribution is -0.384. The molecule has 90 valence electrons. The molecule has 0 aliphatic heterocycles. The summed E-state index contributed by atoms with van der Waals surface area (Å²) >= 11 is 8.86. The van der Waals surface area contributed by atoms with E-state index >= 15 is 0 Å². The Hall–Kier alpha value is -1.40. The number of nitrogens with one attached hydrogen (secondary N) is 1. The molecule has 1 rings (SSSR count). The highest BCUT2D eigenvalue weighted by atomic mass is 79.9. The molecule has 0 spiro atoms. The molecule has 1 aromatic rings. The Morgan fingerprint density at radius 3 is 2.76 bits per heavy atom. The highest BCUT2D eigenvalue weighted by molar-refractivity contribution is 9.11. The lowest BCUT2D eigenvalue weighted by Crippen LogP contribution is -2.24. The maximum absolute atomic E-state index is 11.7. The molecule has 0 atom stereocenters. The molecule has 0 saturated carbocycles. The molecule has 0 unspecified atom stereocenters. The van der Waals surface area contributed by atoms with Crippen molar-refractivity contribution in [2.24, 2.45) is 0 Å². The van der Waals surface area contributed by atoms with E-state index in [9.17, 15) is 14.9 Å². The van der Waals surface area contributed by atoms with Crippen LogP contribution in [0, 0.1) is 10.1 Å². The van der Waals surface area contributed by atoms with E-state index in [2.05, 4.69) is 27.8 Å². The summed E-state index contributed by atoms with van der Waals surface area (Å²) in [5.74, 6) is -0.487. The van der Waals surface area contributed by atoms with Gasteiger partial charge >= 0.3 is 0 Å². The third kappa shape index (κ3) is 3.54. The number of carbonyl (C=O) groups is 1. The lowest BCUT2D eigenvalue weighted by Gasteiger charge is -2.05. The third-order valence-corrected chi connectivity index (χ3v) is 2.54. The second-order valence-electron chi connectivity index (χ2n) is 3.10. The van der Waals surface area contributed by atoms with Gasteiger partial charge in [-0.15, -0.1) is 0 Å². The Morgan fingerprint density at radius 1 is 1.59 bits per heavy atom. The van der Waals surface area contributed by atoms with Crippen LogP contribution < -0.4 is 5.32 Å². The van der Waals surface area contributed by atoms with Gasteiger partial charge in [-0.1, -0.05) is 40.2 Å². The third-order valence-electron chi connectivity index (χ3n) is 1.86. The fraction of sp³-hybridized carbons (Fsp3) is 0.100. The van der Waals surface area contributed by atoms with Crippen molar-refractivity contribution in [1.82, 2.24) is 5.32 Å². The van der Waals surface area contributed by atoms with E-state index in [0.717, 1.165) is 0 Å². The summed E-state index contributed by atoms with van der Waals surface area (Å²) < 4.78 is 0.590. The van der Waals surface area contributed by atoms with Crippen LogP contribution in [0.3, 0.4) is 0 Å². The number of hydrogen-bond acceptors (Lipinski definition) is 3. The van der Waals surface area contributed by atoms with E-state index < -0.39 is 10.8 Å². The van der Waals surface area contributed by atoms with Crippen molar-refractivity contribution in [3.63, 3.8) is 0 Å². The predicted octanol–water partition coefficient (Wildman–Crippen LogP) is 2.89. The minimum absolute atomic E-state index is 0.0645. The van der Waals surface area contributed by atoms with E-state index in [1.54, 1.807) is 0 Å². The maximum atomic E-state index is 11.7. The van der Waals surface area contributed by atoms with Gasteiger partial charge in [-0.05, 0) is 6.07 Å². The molecule has 17 heavy (non-hydrogen) atoms. The summed E-state index contributed by atoms with van der Waals surface area (Å²) in [6.45, 7) is 3.77. The Labute approximate surface area is 111 Å². The van der Waals surface area contributed by atoms with Gasteiger partial charge in [0.25, 0.3) is 11.6 Å². The van der Waals surface area contributed by atoms with Crippen molar-refractivity contribution < 1.29 is 9.72 Å². The minimum atomic E-state index is -0.636. The summed E-state index contributed by atoms with van der Waals surface area (Å²) in [4.78, 5) is 21.7. The molecule has 0 heterocycles. The lowest BCUT2D eigenvalue weighted by atomic mass is 10.2. The molecule has 1 aromatic carbocycles. The van der Waals surface area contributed by atoms with E-state index in [1.165, 1.54) is 18.2 Å². The fourth-order valence-electron chi connectivity index (χ4n) is 1.11. The highest BCUT2D eigenvalue weighted by Gasteiger charge is 2.19. The number of halogens is 2. The zero-order valence-corrected chi connectivity index (χ0v) is 10.9. The smallest absolute Gasteiger partial charge is 0.288 e. The summed E-state index contributed by atoms with van der Waals surface area (Å²) in [5.41, 5.74) is -0.230. The molecule has 0 fully saturated rings. The predicted molar refractivity (Wildman–Crippen MR) is 68.5 cm³/mol. The van der Waals surface area contributed by atoms with Gasteiger partial charge < -0.3 is 5.32 Å². The van der Waals surface area contributed by atoms with Gasteiger partial charge in [0.05, 0.1) is 10.5 Å². The molecule has 0 aliphatic rings. The standard InChI is InChI=1S/C10H8BrClN2O3/c1-6(11)5-13-10(15)7-3-2-4-8(9(7)12)14(16)17/h2-4H,1,5H2,(H,13,15). The first-order valence-electron chi connectivity index (χ1n) is 4.48. The molecule has 7 heteroatoms. The van der Waals surface area contributed by atoms with Crippen LogP contribution in [0.2, 0.25) is 5.02 Å². The van der Waals surface area contributed by atoms with Gasteiger partial charge in [0, 0.05) is 17.1 Å². The monoisotopic (exact) mass is 318 g/mol. The Kier molecular flexibility index (Phi) is 4.65. The number of nitrogens with zero attached hydrogens (tertiary/aromatic N) is 1. The molecular weight excluding hydrogens is 311 g/mol. The van der Waals surface area contributed by atoms with E-state index in [-0.39, 0.29) is 22.8 Å². The van der Waals surface area contributed by atoms with Crippen molar-refractivity contribution in [3.05, 3.63) is 50.0 Å². The van der Waals surface area contributed by atoms with Gasteiger partial charge in [0.2, 0.25) is 0 Å². The number of nitro benzene ring substituents is 1. The normalized spacial score (nSPS) is 9.76. The molecule has 0 radical (unpaired) electrons. The van der Waals surface area contributed by atoms with Gasteiger partial charge in [0.15, 0.2) is 0 Å². The first kappa shape index (κ1) is 13.7. The van der Waals surface area contributed by atoms with E-state index in [0.29, 0.717) is 4.48 Å². The van der Waals surface area contributed by atoms with Crippen LogP contribution in [-0.4, -0.2) is 17.4 Å². The van der Waals surface area contributed by atoms with Crippen LogP contribution in [0.15, 0.2) is 29.3 Å². The van der Waals surface area contributed by atoms with Crippen LogP contribution >= 0.6 is 27.5 Å². The second-order valence-corrected chi connectivity index (χ2v) is 4.60. The highest BCUT2D eigenvalue weighted by Crippen LogP contribution is 2.27. The number of amides is 1. The van der Waals surface area contributed by atoms with Gasteiger partial charge in [-0.2, -0.15) is 0 Å². The maximum Gasteiger partial charge on any atom is 0.288 e. The molecule has 0 saturated heterocycles. The van der Waals surface area contributed by atoms with Crippen molar-refractivity contribution in [2.45, 2.75) is 0 Å². The summed E-state index contributed by atoms with van der Waals surface area (Å²) in [7, 11) is 0. The quantitative estimate of drug-likeness (QED) is 0.685. The molecule has 0 aromatic heterocycles. The molecule has 1 N–H and O–H groups in total. The van der Waals surface area contributed by atoms with Crippen molar-refractivity contribution in [1.29, 1.82) is 0 Å². The summed E-state index contributed by atoms with van der Waals surface area (Å²) in [5, 5.41) is 13.0. The van der Waals surface area contributed by atoms with Gasteiger partial charge in [-0.25, -0.2) is 0 Å². The first-order valence-corrected chi connectivity index (χ1v) is 5.65. The van der Waals surface area contributed by atoms with E-state index in [4.69, 9.17) is 11.6 Å². The van der Waals surface area contributed by atoms with Crippen molar-refractivity contribution >= 4 is 39.1 Å². The fourth-order valence-corrected chi connectivity index (χ4v) is 1.53. The minimum Gasteiger partial charge on any atom is -0.347 e. The van der Waals surface area contributed by atoms with Crippen molar-refractivity contribution in [3.8, 4) is 0 Å². The summed E-state index contributed by atoms with van der Waals surface area (Å²) in [6.07, 6.45) is 0. The van der Waals surface area contributed by atoms with Crippen LogP contribution in [0.4, 0.5) is 5.69 Å². The van der Waals surface area contributed by atoms with Gasteiger partial charge in [-0.3, -0.25) is 14.9 Å². The number of nitro groups is 1. The topological polar surface area (TPSA) is 72.2 Å². The average molecular weight is 320 g/mol. The SMILES string of the molecule is C=C(Br)CNC(=O)c1cccc([N+](=O)[O-])c1Cl. The Morgan fingerprint density at radius 2 is 2.24 bits per heavy atom. The largest absolute Gasteiger partial charge is 0.347 e. The number of rotatable bonds is 4. The molecular formula is C10H8BrClN2O3. The second kappa shape index (κ2) is 5.79.